The Kier molecular flexibility index (Phi) is 3.02. The summed E-state index contributed by atoms with van der Waals surface area (Å²) >= 11 is 1.87. The van der Waals surface area contributed by atoms with E-state index in [0.29, 0.717) is 12.1 Å². The summed E-state index contributed by atoms with van der Waals surface area (Å²) in [5.74, 6) is 2.13. The molecule has 0 saturated carbocycles. The Balaban J connectivity index is 2.34. The Labute approximate surface area is 64.9 Å². The molecule has 2 N–H and O–H groups in total. The Hall–Kier alpha value is -0.220. The van der Waals surface area contributed by atoms with Gasteiger partial charge in [-0.3, -0.25) is 4.79 Å². The minimum Gasteiger partial charge on any atom is -0.354 e. The molecule has 1 rings (SSSR count). The van der Waals surface area contributed by atoms with Crippen molar-refractivity contribution in [3.8, 4) is 0 Å². The van der Waals surface area contributed by atoms with Crippen LogP contribution in [0.25, 0.3) is 0 Å². The van der Waals surface area contributed by atoms with Crippen molar-refractivity contribution in [1.82, 2.24) is 10.6 Å². The number of hydrogen-bond acceptors (Lipinski definition) is 3. The zero-order valence-electron chi connectivity index (χ0n) is 5.96. The second kappa shape index (κ2) is 3.83. The van der Waals surface area contributed by atoms with Gasteiger partial charge in [-0.1, -0.05) is 0 Å². The third kappa shape index (κ3) is 1.64. The van der Waals surface area contributed by atoms with Gasteiger partial charge < -0.3 is 10.6 Å². The van der Waals surface area contributed by atoms with E-state index in [1.54, 1.807) is 0 Å². The maximum absolute atomic E-state index is 10.1. The Bertz CT molecular complexity index is 120. The average molecular weight is 160 g/mol. The number of amides is 1. The van der Waals surface area contributed by atoms with Gasteiger partial charge in [0.05, 0.1) is 6.04 Å². The number of rotatable bonds is 3. The van der Waals surface area contributed by atoms with Crippen molar-refractivity contribution in [2.45, 2.75) is 12.1 Å². The quantitative estimate of drug-likeness (QED) is 0.544. The second-order valence-corrected chi connectivity index (χ2v) is 3.40. The lowest BCUT2D eigenvalue weighted by Gasteiger charge is -2.16. The van der Waals surface area contributed by atoms with Crippen LogP contribution >= 0.6 is 11.8 Å². The normalized spacial score (nSPS) is 32.1. The number of carbonyl (C=O) groups is 1. The van der Waals surface area contributed by atoms with E-state index in [0.717, 1.165) is 17.9 Å². The van der Waals surface area contributed by atoms with Crippen LogP contribution in [0.3, 0.4) is 0 Å². The predicted molar refractivity (Wildman–Crippen MR) is 43.2 cm³/mol. The van der Waals surface area contributed by atoms with Crippen LogP contribution in [0.15, 0.2) is 0 Å². The van der Waals surface area contributed by atoms with E-state index in [1.165, 1.54) is 0 Å². The van der Waals surface area contributed by atoms with Gasteiger partial charge in [0.2, 0.25) is 6.41 Å². The van der Waals surface area contributed by atoms with Gasteiger partial charge in [0, 0.05) is 17.5 Å². The Morgan fingerprint density at radius 3 is 2.80 bits per heavy atom. The number of nitrogens with one attached hydrogen (secondary N) is 2. The summed E-state index contributed by atoms with van der Waals surface area (Å²) in [7, 11) is 1.93. The maximum atomic E-state index is 10.1. The minimum absolute atomic E-state index is 0.326. The van der Waals surface area contributed by atoms with E-state index in [-0.39, 0.29) is 0 Å². The molecule has 2 atom stereocenters. The summed E-state index contributed by atoms with van der Waals surface area (Å²) in [5, 5.41) is 5.94. The van der Waals surface area contributed by atoms with Gasteiger partial charge in [-0.05, 0) is 7.05 Å². The fourth-order valence-electron chi connectivity index (χ4n) is 1.09. The Morgan fingerprint density at radius 2 is 2.20 bits per heavy atom. The molecule has 0 spiro atoms. The van der Waals surface area contributed by atoms with Gasteiger partial charge in [-0.2, -0.15) is 11.8 Å². The standard InChI is InChI=1S/C6H12N2OS/c1-7-5-2-10-3-6(5)8-4-9/h4-7H,2-3H2,1H3,(H,8,9)/t5-,6+/m1/s1. The first-order valence-electron chi connectivity index (χ1n) is 3.33. The molecular formula is C6H12N2OS. The largest absolute Gasteiger partial charge is 0.354 e. The van der Waals surface area contributed by atoms with Crippen molar-refractivity contribution >= 4 is 18.2 Å². The molecule has 3 nitrogen and oxygen atoms in total. The summed E-state index contributed by atoms with van der Waals surface area (Å²) < 4.78 is 0. The van der Waals surface area contributed by atoms with E-state index < -0.39 is 0 Å². The molecule has 0 aromatic rings. The summed E-state index contributed by atoms with van der Waals surface area (Å²) in [5.41, 5.74) is 0. The molecule has 0 unspecified atom stereocenters. The fourth-order valence-corrected chi connectivity index (χ4v) is 2.46. The van der Waals surface area contributed by atoms with Crippen LogP contribution in [0.2, 0.25) is 0 Å². The first-order chi connectivity index (χ1) is 4.88. The monoisotopic (exact) mass is 160 g/mol. The molecule has 0 aromatic carbocycles. The molecule has 0 bridgehead atoms. The molecule has 1 amide bonds. The zero-order valence-corrected chi connectivity index (χ0v) is 6.78. The van der Waals surface area contributed by atoms with Gasteiger partial charge in [-0.15, -0.1) is 0 Å². The fraction of sp³-hybridized carbons (Fsp3) is 0.833. The van der Waals surface area contributed by atoms with Gasteiger partial charge in [0.25, 0.3) is 0 Å². The van der Waals surface area contributed by atoms with Crippen molar-refractivity contribution in [3.05, 3.63) is 0 Å². The molecule has 0 aliphatic carbocycles. The number of hydrogen-bond donors (Lipinski definition) is 2. The highest BCUT2D eigenvalue weighted by Crippen LogP contribution is 2.17. The highest BCUT2D eigenvalue weighted by Gasteiger charge is 2.25. The predicted octanol–water partition coefficient (Wildman–Crippen LogP) is -0.564. The van der Waals surface area contributed by atoms with Crippen molar-refractivity contribution in [2.24, 2.45) is 0 Å². The average Bonchev–Trinajstić information content (AvgIpc) is 2.36. The first-order valence-corrected chi connectivity index (χ1v) is 4.48. The van der Waals surface area contributed by atoms with Crippen molar-refractivity contribution in [1.29, 1.82) is 0 Å². The first kappa shape index (κ1) is 7.88. The minimum atomic E-state index is 0.326. The van der Waals surface area contributed by atoms with Crippen LogP contribution in [0, 0.1) is 0 Å². The van der Waals surface area contributed by atoms with Crippen LogP contribution in [0.5, 0.6) is 0 Å². The van der Waals surface area contributed by atoms with Gasteiger partial charge in [0.15, 0.2) is 0 Å². The topological polar surface area (TPSA) is 41.1 Å². The molecule has 4 heteroatoms. The van der Waals surface area contributed by atoms with Gasteiger partial charge >= 0.3 is 0 Å². The lowest BCUT2D eigenvalue weighted by atomic mass is 10.2. The van der Waals surface area contributed by atoms with Crippen molar-refractivity contribution in [2.75, 3.05) is 18.6 Å². The van der Waals surface area contributed by atoms with E-state index in [9.17, 15) is 4.79 Å². The smallest absolute Gasteiger partial charge is 0.207 e. The van der Waals surface area contributed by atoms with Crippen molar-refractivity contribution in [3.63, 3.8) is 0 Å². The lowest BCUT2D eigenvalue weighted by Crippen LogP contribution is -2.45. The maximum Gasteiger partial charge on any atom is 0.207 e. The van der Waals surface area contributed by atoms with E-state index in [2.05, 4.69) is 10.6 Å². The van der Waals surface area contributed by atoms with Crippen LogP contribution < -0.4 is 10.6 Å². The molecular weight excluding hydrogens is 148 g/mol. The SMILES string of the molecule is CN[C@@H]1CSC[C@@H]1NC=O. The Morgan fingerprint density at radius 1 is 1.50 bits per heavy atom. The summed E-state index contributed by atoms with van der Waals surface area (Å²) in [6.45, 7) is 0. The molecule has 0 radical (unpaired) electrons. The van der Waals surface area contributed by atoms with Crippen LogP contribution in [0.4, 0.5) is 0 Å². The molecule has 1 aliphatic heterocycles. The molecule has 1 fully saturated rings. The van der Waals surface area contributed by atoms with E-state index >= 15 is 0 Å². The van der Waals surface area contributed by atoms with E-state index in [4.69, 9.17) is 0 Å². The van der Waals surface area contributed by atoms with Crippen LogP contribution in [-0.4, -0.2) is 37.0 Å². The molecule has 58 valence electrons. The highest BCUT2D eigenvalue weighted by atomic mass is 32.2. The summed E-state index contributed by atoms with van der Waals surface area (Å²) in [6.07, 6.45) is 0.779. The number of carbonyl (C=O) groups excluding carboxylic acids is 1. The van der Waals surface area contributed by atoms with Gasteiger partial charge in [0.1, 0.15) is 0 Å². The number of likely N-dealkylation sites (N-methyl/N-ethyl adjacent to an activating group) is 1. The molecule has 10 heavy (non-hydrogen) atoms. The highest BCUT2D eigenvalue weighted by molar-refractivity contribution is 7.99. The zero-order chi connectivity index (χ0) is 7.40. The number of thioether (sulfide) groups is 1. The molecule has 0 aromatic heterocycles. The summed E-state index contributed by atoms with van der Waals surface area (Å²) in [4.78, 5) is 10.1. The van der Waals surface area contributed by atoms with Crippen LogP contribution in [-0.2, 0) is 4.79 Å². The lowest BCUT2D eigenvalue weighted by molar-refractivity contribution is -0.110. The summed E-state index contributed by atoms with van der Waals surface area (Å²) in [6, 6.07) is 0.780. The van der Waals surface area contributed by atoms with Gasteiger partial charge in [-0.25, -0.2) is 0 Å². The van der Waals surface area contributed by atoms with E-state index in [1.807, 2.05) is 18.8 Å². The second-order valence-electron chi connectivity index (χ2n) is 2.32. The third-order valence-electron chi connectivity index (χ3n) is 1.73. The molecule has 1 heterocycles. The van der Waals surface area contributed by atoms with Crippen LogP contribution in [0.1, 0.15) is 0 Å². The van der Waals surface area contributed by atoms with Crippen molar-refractivity contribution < 1.29 is 4.79 Å². The third-order valence-corrected chi connectivity index (χ3v) is 2.92. The molecule has 1 aliphatic rings. The molecule has 1 saturated heterocycles.